The summed E-state index contributed by atoms with van der Waals surface area (Å²) in [5, 5.41) is 13.6. The molecule has 0 unspecified atom stereocenters. The summed E-state index contributed by atoms with van der Waals surface area (Å²) in [6.45, 7) is 6.27. The highest BCUT2D eigenvalue weighted by atomic mass is 16.5. The predicted octanol–water partition coefficient (Wildman–Crippen LogP) is 4.55. The molecule has 1 aliphatic heterocycles. The van der Waals surface area contributed by atoms with E-state index in [0.29, 0.717) is 31.3 Å². The standard InChI is InChI=1S/C28H32N8O2/c1-16(2)24-20-13-18(5-6-22(20)31-25(24)19-7-10-29-27-21(19)14-30-33-27)26-32-28(38-34-26)17-8-11-36(12-9-17)23(37)15-35(3)4/h5-7,10,13-14,16-17,31H,8-9,11-12,15H2,1-4H3,(H,29,30,33). The number of nitrogens with zero attached hydrogens (tertiary/aromatic N) is 6. The fraction of sp³-hybridized carbons (Fsp3) is 0.393. The van der Waals surface area contributed by atoms with E-state index in [1.54, 1.807) is 6.20 Å². The molecule has 1 saturated heterocycles. The summed E-state index contributed by atoms with van der Waals surface area (Å²) in [5.74, 6) is 1.85. The topological polar surface area (TPSA) is 120 Å². The highest BCUT2D eigenvalue weighted by molar-refractivity contribution is 5.99. The minimum atomic E-state index is 0.164. The quantitative estimate of drug-likeness (QED) is 0.343. The van der Waals surface area contributed by atoms with Gasteiger partial charge >= 0.3 is 0 Å². The zero-order valence-corrected chi connectivity index (χ0v) is 22.2. The summed E-state index contributed by atoms with van der Waals surface area (Å²) in [6, 6.07) is 8.29. The highest BCUT2D eigenvalue weighted by Gasteiger charge is 2.28. The number of carbonyl (C=O) groups is 1. The molecule has 0 aliphatic carbocycles. The van der Waals surface area contributed by atoms with Crippen LogP contribution >= 0.6 is 0 Å². The van der Waals surface area contributed by atoms with Crippen LogP contribution in [0.15, 0.2) is 41.2 Å². The largest absolute Gasteiger partial charge is 0.354 e. The second kappa shape index (κ2) is 9.68. The van der Waals surface area contributed by atoms with Crippen molar-refractivity contribution in [1.82, 2.24) is 40.1 Å². The highest BCUT2D eigenvalue weighted by Crippen LogP contribution is 2.39. The number of aromatic nitrogens is 6. The van der Waals surface area contributed by atoms with Gasteiger partial charge in [0.15, 0.2) is 5.65 Å². The van der Waals surface area contributed by atoms with E-state index in [9.17, 15) is 4.79 Å². The van der Waals surface area contributed by atoms with Gasteiger partial charge in [-0.15, -0.1) is 0 Å². The number of rotatable bonds is 6. The minimum Gasteiger partial charge on any atom is -0.354 e. The molecule has 0 spiro atoms. The summed E-state index contributed by atoms with van der Waals surface area (Å²) >= 11 is 0. The third-order valence-corrected chi connectivity index (χ3v) is 7.39. The zero-order valence-electron chi connectivity index (χ0n) is 22.2. The van der Waals surface area contributed by atoms with Gasteiger partial charge in [0, 0.05) is 52.6 Å². The molecular weight excluding hydrogens is 480 g/mol. The molecule has 0 radical (unpaired) electrons. The summed E-state index contributed by atoms with van der Waals surface area (Å²) in [4.78, 5) is 29.0. The van der Waals surface area contributed by atoms with Gasteiger partial charge in [-0.05, 0) is 62.7 Å². The molecule has 1 fully saturated rings. The maximum atomic E-state index is 12.4. The number of nitrogens with one attached hydrogen (secondary N) is 2. The van der Waals surface area contributed by atoms with Crippen molar-refractivity contribution >= 4 is 27.8 Å². The van der Waals surface area contributed by atoms with E-state index in [2.05, 4.69) is 51.3 Å². The fourth-order valence-corrected chi connectivity index (χ4v) is 5.50. The first-order chi connectivity index (χ1) is 18.4. The molecule has 0 atom stereocenters. The third-order valence-electron chi connectivity index (χ3n) is 7.39. The molecule has 0 bridgehead atoms. The summed E-state index contributed by atoms with van der Waals surface area (Å²) in [5.41, 5.74) is 6.12. The Morgan fingerprint density at radius 1 is 1.18 bits per heavy atom. The van der Waals surface area contributed by atoms with Crippen LogP contribution in [0.2, 0.25) is 0 Å². The zero-order chi connectivity index (χ0) is 26.4. The molecule has 196 valence electrons. The van der Waals surface area contributed by atoms with Crippen molar-refractivity contribution < 1.29 is 9.32 Å². The fourth-order valence-electron chi connectivity index (χ4n) is 5.50. The second-order valence-corrected chi connectivity index (χ2v) is 10.7. The van der Waals surface area contributed by atoms with Crippen molar-refractivity contribution in [3.63, 3.8) is 0 Å². The van der Waals surface area contributed by atoms with Crippen LogP contribution in [-0.4, -0.2) is 79.7 Å². The Morgan fingerprint density at radius 3 is 2.76 bits per heavy atom. The van der Waals surface area contributed by atoms with Gasteiger partial charge < -0.3 is 19.3 Å². The molecular formula is C28H32N8O2. The number of pyridine rings is 1. The lowest BCUT2D eigenvalue weighted by Crippen LogP contribution is -2.42. The molecule has 38 heavy (non-hydrogen) atoms. The summed E-state index contributed by atoms with van der Waals surface area (Å²) in [6.07, 6.45) is 5.28. The number of H-pyrrole nitrogens is 2. The molecule has 6 rings (SSSR count). The van der Waals surface area contributed by atoms with Crippen molar-refractivity contribution in [2.45, 2.75) is 38.5 Å². The van der Waals surface area contributed by atoms with Gasteiger partial charge in [-0.1, -0.05) is 19.0 Å². The van der Waals surface area contributed by atoms with Crippen molar-refractivity contribution in [2.75, 3.05) is 33.7 Å². The summed E-state index contributed by atoms with van der Waals surface area (Å²) in [7, 11) is 3.83. The lowest BCUT2D eigenvalue weighted by Gasteiger charge is -2.31. The number of amides is 1. The number of aromatic amines is 2. The Morgan fingerprint density at radius 2 is 2.00 bits per heavy atom. The van der Waals surface area contributed by atoms with Gasteiger partial charge in [0.2, 0.25) is 17.6 Å². The number of likely N-dealkylation sites (tertiary alicyclic amines) is 1. The van der Waals surface area contributed by atoms with Crippen LogP contribution in [0.4, 0.5) is 0 Å². The normalized spacial score (nSPS) is 14.9. The smallest absolute Gasteiger partial charge is 0.236 e. The van der Waals surface area contributed by atoms with E-state index in [0.717, 1.165) is 51.6 Å². The molecule has 1 aromatic carbocycles. The number of carbonyl (C=O) groups excluding carboxylic acids is 1. The van der Waals surface area contributed by atoms with Crippen molar-refractivity contribution in [3.8, 4) is 22.6 Å². The number of likely N-dealkylation sites (N-methyl/N-ethyl adjacent to an activating group) is 1. The maximum absolute atomic E-state index is 12.4. The van der Waals surface area contributed by atoms with E-state index < -0.39 is 0 Å². The number of hydrogen-bond acceptors (Lipinski definition) is 7. The van der Waals surface area contributed by atoms with Gasteiger partial charge in [0.05, 0.1) is 18.4 Å². The summed E-state index contributed by atoms with van der Waals surface area (Å²) < 4.78 is 5.72. The lowest BCUT2D eigenvalue weighted by molar-refractivity contribution is -0.132. The molecule has 5 heterocycles. The first-order valence-corrected chi connectivity index (χ1v) is 13.1. The molecule has 1 amide bonds. The lowest BCUT2D eigenvalue weighted by atomic mass is 9.94. The Bertz CT molecular complexity index is 1600. The maximum Gasteiger partial charge on any atom is 0.236 e. The Hall–Kier alpha value is -4.05. The number of benzene rings is 1. The third kappa shape index (κ3) is 4.34. The molecule has 0 saturated carbocycles. The number of fused-ring (bicyclic) bond motifs is 2. The van der Waals surface area contributed by atoms with Crippen LogP contribution in [0.25, 0.3) is 44.6 Å². The van der Waals surface area contributed by atoms with Gasteiger partial charge in [0.1, 0.15) is 0 Å². The van der Waals surface area contributed by atoms with E-state index in [1.807, 2.05) is 42.2 Å². The molecule has 4 aromatic heterocycles. The molecule has 2 N–H and O–H groups in total. The van der Waals surface area contributed by atoms with Gasteiger partial charge in [-0.2, -0.15) is 10.1 Å². The minimum absolute atomic E-state index is 0.164. The first-order valence-electron chi connectivity index (χ1n) is 13.1. The van der Waals surface area contributed by atoms with E-state index in [-0.39, 0.29) is 17.7 Å². The van der Waals surface area contributed by atoms with E-state index >= 15 is 0 Å². The average molecular weight is 513 g/mol. The number of hydrogen-bond donors (Lipinski definition) is 2. The van der Waals surface area contributed by atoms with Crippen molar-refractivity contribution in [3.05, 3.63) is 48.1 Å². The SMILES string of the molecule is CC(C)c1c(-c2ccnc3[nH]ncc23)[nH]c2ccc(-c3noc(C4CCN(C(=O)CN(C)C)CC4)n3)cc12. The van der Waals surface area contributed by atoms with E-state index in [1.165, 1.54) is 5.56 Å². The monoisotopic (exact) mass is 512 g/mol. The van der Waals surface area contributed by atoms with Crippen LogP contribution in [-0.2, 0) is 4.79 Å². The van der Waals surface area contributed by atoms with Gasteiger partial charge in [0.25, 0.3) is 0 Å². The van der Waals surface area contributed by atoms with Crippen LogP contribution in [0, 0.1) is 0 Å². The van der Waals surface area contributed by atoms with Crippen molar-refractivity contribution in [2.24, 2.45) is 0 Å². The van der Waals surface area contributed by atoms with Crippen molar-refractivity contribution in [1.29, 1.82) is 0 Å². The van der Waals surface area contributed by atoms with Gasteiger partial charge in [-0.3, -0.25) is 9.89 Å². The number of piperidine rings is 1. The van der Waals surface area contributed by atoms with Crippen LogP contribution in [0.5, 0.6) is 0 Å². The first kappa shape index (κ1) is 24.3. The van der Waals surface area contributed by atoms with Crippen LogP contribution < -0.4 is 0 Å². The van der Waals surface area contributed by atoms with E-state index in [4.69, 9.17) is 9.51 Å². The molecule has 10 heteroatoms. The Kier molecular flexibility index (Phi) is 6.19. The van der Waals surface area contributed by atoms with Gasteiger partial charge in [-0.25, -0.2) is 4.98 Å². The molecule has 1 aliphatic rings. The average Bonchev–Trinajstić information content (AvgIpc) is 3.66. The molecule has 5 aromatic rings. The second-order valence-electron chi connectivity index (χ2n) is 10.7. The predicted molar refractivity (Wildman–Crippen MR) is 146 cm³/mol. The van der Waals surface area contributed by atoms with Crippen LogP contribution in [0.3, 0.4) is 0 Å². The molecule has 10 nitrogen and oxygen atoms in total. The Balaban J connectivity index is 1.28. The van der Waals surface area contributed by atoms with Crippen LogP contribution in [0.1, 0.15) is 50.0 Å². The Labute approximate surface area is 220 Å².